The Morgan fingerprint density at radius 1 is 1.22 bits per heavy atom. The highest BCUT2D eigenvalue weighted by Gasteiger charge is 2.30. The number of hydrogen-bond donors (Lipinski definition) is 0. The molecule has 1 radical (unpaired) electrons. The van der Waals surface area contributed by atoms with Gasteiger partial charge >= 0.3 is 0 Å². The monoisotopic (exact) mass is 329 g/mol. The van der Waals surface area contributed by atoms with Gasteiger partial charge in [-0.1, -0.05) is 42.8 Å². The zero-order valence-corrected chi connectivity index (χ0v) is 14.6. The van der Waals surface area contributed by atoms with Crippen molar-refractivity contribution >= 4 is 25.0 Å². The standard InChI is InChI=1S/C14H22BrO2Si/c1-14(2,3)13(17-18(5)6)11-8-7-10(15)9-12(11)16-4/h7-9,13H,1-6H3. The van der Waals surface area contributed by atoms with Crippen molar-refractivity contribution in [3.63, 3.8) is 0 Å². The molecule has 4 heteroatoms. The van der Waals surface area contributed by atoms with Gasteiger partial charge in [0.2, 0.25) is 9.04 Å². The van der Waals surface area contributed by atoms with Gasteiger partial charge in [-0.05, 0) is 30.6 Å². The molecule has 0 bridgehead atoms. The number of methoxy groups -OCH3 is 1. The van der Waals surface area contributed by atoms with E-state index in [9.17, 15) is 0 Å². The lowest BCUT2D eigenvalue weighted by Crippen LogP contribution is -2.26. The summed E-state index contributed by atoms with van der Waals surface area (Å²) in [5.41, 5.74) is 1.17. The topological polar surface area (TPSA) is 18.5 Å². The van der Waals surface area contributed by atoms with Gasteiger partial charge in [0.25, 0.3) is 0 Å². The van der Waals surface area contributed by atoms with Crippen molar-refractivity contribution in [3.8, 4) is 5.75 Å². The Labute approximate surface area is 121 Å². The fourth-order valence-corrected chi connectivity index (χ4v) is 3.14. The molecular weight excluding hydrogens is 308 g/mol. The summed E-state index contributed by atoms with van der Waals surface area (Å²) in [6.45, 7) is 10.9. The van der Waals surface area contributed by atoms with Crippen molar-refractivity contribution in [2.45, 2.75) is 40.0 Å². The molecule has 2 nitrogen and oxygen atoms in total. The highest BCUT2D eigenvalue weighted by Crippen LogP contribution is 2.41. The highest BCUT2D eigenvalue weighted by atomic mass is 79.9. The smallest absolute Gasteiger partial charge is 0.205 e. The molecule has 1 rings (SSSR count). The molecule has 0 fully saturated rings. The molecular formula is C14H22BrO2Si. The first-order valence-corrected chi connectivity index (χ1v) is 9.26. The molecule has 0 heterocycles. The van der Waals surface area contributed by atoms with Crippen molar-refractivity contribution in [2.75, 3.05) is 7.11 Å². The summed E-state index contributed by atoms with van der Waals surface area (Å²) in [6.07, 6.45) is 0.0597. The van der Waals surface area contributed by atoms with Crippen LogP contribution < -0.4 is 4.74 Å². The fourth-order valence-electron chi connectivity index (χ4n) is 1.84. The Hall–Kier alpha value is -0.323. The average molecular weight is 330 g/mol. The molecule has 101 valence electrons. The van der Waals surface area contributed by atoms with Gasteiger partial charge in [-0.2, -0.15) is 0 Å². The number of ether oxygens (including phenoxy) is 1. The number of rotatable bonds is 4. The Kier molecular flexibility index (Phi) is 5.43. The molecule has 0 saturated carbocycles. The third-order valence-corrected chi connectivity index (χ3v) is 3.82. The van der Waals surface area contributed by atoms with E-state index < -0.39 is 9.04 Å². The van der Waals surface area contributed by atoms with E-state index in [1.807, 2.05) is 12.1 Å². The van der Waals surface area contributed by atoms with Gasteiger partial charge in [0, 0.05) is 10.0 Å². The highest BCUT2D eigenvalue weighted by molar-refractivity contribution is 9.10. The summed E-state index contributed by atoms with van der Waals surface area (Å²) >= 11 is 3.47. The second-order valence-electron chi connectivity index (χ2n) is 5.66. The van der Waals surface area contributed by atoms with Crippen molar-refractivity contribution in [3.05, 3.63) is 28.2 Å². The molecule has 18 heavy (non-hydrogen) atoms. The molecule has 0 amide bonds. The van der Waals surface area contributed by atoms with E-state index in [2.05, 4.69) is 55.9 Å². The minimum Gasteiger partial charge on any atom is -0.496 e. The molecule has 0 aliphatic heterocycles. The van der Waals surface area contributed by atoms with Crippen molar-refractivity contribution in [1.29, 1.82) is 0 Å². The van der Waals surface area contributed by atoms with E-state index in [4.69, 9.17) is 9.16 Å². The molecule has 0 spiro atoms. The van der Waals surface area contributed by atoms with Gasteiger partial charge in [0.15, 0.2) is 0 Å². The Morgan fingerprint density at radius 2 is 1.83 bits per heavy atom. The SMILES string of the molecule is COc1cc(Br)ccc1C(O[Si](C)C)C(C)(C)C. The molecule has 1 aromatic carbocycles. The molecule has 0 N–H and O–H groups in total. The summed E-state index contributed by atoms with van der Waals surface area (Å²) in [4.78, 5) is 0. The third-order valence-electron chi connectivity index (χ3n) is 2.62. The maximum atomic E-state index is 6.19. The van der Waals surface area contributed by atoms with Crippen LogP contribution in [-0.4, -0.2) is 16.2 Å². The van der Waals surface area contributed by atoms with Gasteiger partial charge in [0.05, 0.1) is 13.2 Å². The Balaban J connectivity index is 3.20. The number of hydrogen-bond acceptors (Lipinski definition) is 2. The van der Waals surface area contributed by atoms with Crippen LogP contribution in [-0.2, 0) is 4.43 Å². The van der Waals surface area contributed by atoms with Gasteiger partial charge in [-0.15, -0.1) is 0 Å². The normalized spacial score (nSPS) is 13.8. The van der Waals surface area contributed by atoms with Crippen LogP contribution in [0.2, 0.25) is 13.1 Å². The molecule has 0 aliphatic carbocycles. The van der Waals surface area contributed by atoms with E-state index in [1.54, 1.807) is 7.11 Å². The fraction of sp³-hybridized carbons (Fsp3) is 0.571. The van der Waals surface area contributed by atoms with E-state index >= 15 is 0 Å². The maximum Gasteiger partial charge on any atom is 0.205 e. The average Bonchev–Trinajstić information content (AvgIpc) is 2.24. The quantitative estimate of drug-likeness (QED) is 0.738. The number of halogens is 1. The van der Waals surface area contributed by atoms with Crippen molar-refractivity contribution in [1.82, 2.24) is 0 Å². The Bertz CT molecular complexity index is 399. The molecule has 0 aromatic heterocycles. The molecule has 0 saturated heterocycles. The molecule has 1 unspecified atom stereocenters. The summed E-state index contributed by atoms with van der Waals surface area (Å²) in [7, 11) is 0.938. The summed E-state index contributed by atoms with van der Waals surface area (Å²) < 4.78 is 12.7. The minimum absolute atomic E-state index is 0.0447. The van der Waals surface area contributed by atoms with Gasteiger partial charge < -0.3 is 9.16 Å². The zero-order valence-electron chi connectivity index (χ0n) is 12.0. The van der Waals surface area contributed by atoms with Gasteiger partial charge in [-0.25, -0.2) is 0 Å². The zero-order chi connectivity index (χ0) is 13.9. The first-order valence-electron chi connectivity index (χ1n) is 6.06. The lowest BCUT2D eigenvalue weighted by molar-refractivity contribution is 0.0840. The largest absolute Gasteiger partial charge is 0.496 e. The summed E-state index contributed by atoms with van der Waals surface area (Å²) in [6, 6.07) is 6.12. The number of benzene rings is 1. The predicted octanol–water partition coefficient (Wildman–Crippen LogP) is 4.81. The van der Waals surface area contributed by atoms with E-state index in [0.717, 1.165) is 15.8 Å². The second-order valence-corrected chi connectivity index (χ2v) is 8.63. The lowest BCUT2D eigenvalue weighted by atomic mass is 9.84. The van der Waals surface area contributed by atoms with Gasteiger partial charge in [0.1, 0.15) is 5.75 Å². The molecule has 0 aliphatic rings. The van der Waals surface area contributed by atoms with Crippen LogP contribution in [0.25, 0.3) is 0 Å². The summed E-state index contributed by atoms with van der Waals surface area (Å²) in [5, 5.41) is 0. The van der Waals surface area contributed by atoms with Crippen LogP contribution in [0.4, 0.5) is 0 Å². The van der Waals surface area contributed by atoms with E-state index in [-0.39, 0.29) is 11.5 Å². The van der Waals surface area contributed by atoms with Crippen LogP contribution >= 0.6 is 15.9 Å². The van der Waals surface area contributed by atoms with Crippen LogP contribution in [0, 0.1) is 5.41 Å². The van der Waals surface area contributed by atoms with Crippen LogP contribution in [0.3, 0.4) is 0 Å². The Morgan fingerprint density at radius 3 is 2.28 bits per heavy atom. The van der Waals surface area contributed by atoms with Crippen molar-refractivity contribution < 1.29 is 9.16 Å². The van der Waals surface area contributed by atoms with Gasteiger partial charge in [-0.3, -0.25) is 0 Å². The third kappa shape index (κ3) is 4.11. The minimum atomic E-state index is -0.765. The first kappa shape index (κ1) is 15.7. The van der Waals surface area contributed by atoms with Crippen LogP contribution in [0.1, 0.15) is 32.4 Å². The van der Waals surface area contributed by atoms with E-state index in [1.165, 1.54) is 0 Å². The predicted molar refractivity (Wildman–Crippen MR) is 81.5 cm³/mol. The maximum absolute atomic E-state index is 6.19. The molecule has 1 atom stereocenters. The second kappa shape index (κ2) is 6.22. The molecule has 1 aromatic rings. The van der Waals surface area contributed by atoms with E-state index in [0.29, 0.717) is 0 Å². The summed E-state index contributed by atoms with van der Waals surface area (Å²) in [5.74, 6) is 0.882. The first-order chi connectivity index (χ1) is 8.25. The van der Waals surface area contributed by atoms with Crippen LogP contribution in [0.5, 0.6) is 5.75 Å². The lowest BCUT2D eigenvalue weighted by Gasteiger charge is -2.33. The van der Waals surface area contributed by atoms with Crippen LogP contribution in [0.15, 0.2) is 22.7 Å². The van der Waals surface area contributed by atoms with Crippen molar-refractivity contribution in [2.24, 2.45) is 5.41 Å².